The number of ether oxygens (including phenoxy) is 1. The van der Waals surface area contributed by atoms with E-state index in [4.69, 9.17) is 4.74 Å². The smallest absolute Gasteiger partial charge is 0.148 e. The molecule has 0 unspecified atom stereocenters. The molecule has 0 radical (unpaired) electrons. The molecule has 1 N–H and O–H groups in total. The molecule has 0 spiro atoms. The fourth-order valence-electron chi connectivity index (χ4n) is 1.21. The third-order valence-corrected chi connectivity index (χ3v) is 3.22. The van der Waals surface area contributed by atoms with Gasteiger partial charge in [0.05, 0.1) is 8.95 Å². The van der Waals surface area contributed by atoms with Crippen LogP contribution >= 0.6 is 47.8 Å². The van der Waals surface area contributed by atoms with Crippen molar-refractivity contribution < 1.29 is 4.74 Å². The first kappa shape index (κ1) is 14.2. The van der Waals surface area contributed by atoms with E-state index < -0.39 is 0 Å². The lowest BCUT2D eigenvalue weighted by atomic mass is 10.2. The molecule has 1 aromatic rings. The highest BCUT2D eigenvalue weighted by Gasteiger charge is 2.08. The van der Waals surface area contributed by atoms with E-state index in [-0.39, 0.29) is 0 Å². The molecule has 0 heterocycles. The van der Waals surface area contributed by atoms with Crippen LogP contribution in [0.25, 0.3) is 0 Å². The summed E-state index contributed by atoms with van der Waals surface area (Å²) >= 11 is 10.2. The first-order chi connectivity index (χ1) is 7.54. The Morgan fingerprint density at radius 3 is 2.38 bits per heavy atom. The summed E-state index contributed by atoms with van der Waals surface area (Å²) in [5.41, 5.74) is 1.19. The SMILES string of the molecule is C=C(Br)COc1c(Br)cc(CNC)cc1Br. The standard InChI is InChI=1S/C11H12Br3NO/c1-7(12)6-16-11-9(13)3-8(5-15-2)4-10(11)14/h3-4,15H,1,5-6H2,2H3. The van der Waals surface area contributed by atoms with Gasteiger partial charge in [-0.3, -0.25) is 0 Å². The predicted octanol–water partition coefficient (Wildman–Crippen LogP) is 4.22. The molecule has 16 heavy (non-hydrogen) atoms. The fourth-order valence-corrected chi connectivity index (χ4v) is 2.83. The van der Waals surface area contributed by atoms with Crippen molar-refractivity contribution in [3.05, 3.63) is 37.7 Å². The van der Waals surface area contributed by atoms with Gasteiger partial charge < -0.3 is 10.1 Å². The van der Waals surface area contributed by atoms with Gasteiger partial charge in [0, 0.05) is 11.0 Å². The van der Waals surface area contributed by atoms with Gasteiger partial charge >= 0.3 is 0 Å². The molecule has 0 aliphatic carbocycles. The van der Waals surface area contributed by atoms with Crippen molar-refractivity contribution in [1.82, 2.24) is 5.32 Å². The van der Waals surface area contributed by atoms with E-state index >= 15 is 0 Å². The maximum atomic E-state index is 5.60. The Labute approximate surface area is 121 Å². The van der Waals surface area contributed by atoms with Gasteiger partial charge in [-0.05, 0) is 56.6 Å². The fraction of sp³-hybridized carbons (Fsp3) is 0.273. The molecule has 0 saturated carbocycles. The second kappa shape index (κ2) is 6.79. The molecular weight excluding hydrogens is 402 g/mol. The zero-order chi connectivity index (χ0) is 12.1. The molecule has 0 atom stereocenters. The summed E-state index contributed by atoms with van der Waals surface area (Å²) in [5.74, 6) is 0.792. The van der Waals surface area contributed by atoms with Gasteiger partial charge in [-0.25, -0.2) is 0 Å². The summed E-state index contributed by atoms with van der Waals surface area (Å²) in [6.07, 6.45) is 0. The zero-order valence-electron chi connectivity index (χ0n) is 8.82. The molecule has 0 aliphatic heterocycles. The molecule has 0 amide bonds. The third-order valence-electron chi connectivity index (χ3n) is 1.81. The lowest BCUT2D eigenvalue weighted by molar-refractivity contribution is 0.356. The highest BCUT2D eigenvalue weighted by atomic mass is 79.9. The van der Waals surface area contributed by atoms with E-state index in [0.29, 0.717) is 6.61 Å². The molecule has 2 nitrogen and oxygen atoms in total. The average molecular weight is 414 g/mol. The summed E-state index contributed by atoms with van der Waals surface area (Å²) in [7, 11) is 1.92. The Balaban J connectivity index is 2.89. The number of benzene rings is 1. The highest BCUT2D eigenvalue weighted by molar-refractivity contribution is 9.11. The van der Waals surface area contributed by atoms with Gasteiger partial charge in [0.25, 0.3) is 0 Å². The van der Waals surface area contributed by atoms with Crippen molar-refractivity contribution in [2.24, 2.45) is 0 Å². The predicted molar refractivity (Wildman–Crippen MR) is 78.2 cm³/mol. The van der Waals surface area contributed by atoms with Crippen LogP contribution in [0, 0.1) is 0 Å². The molecule has 0 saturated heterocycles. The van der Waals surface area contributed by atoms with Gasteiger partial charge in [-0.2, -0.15) is 0 Å². The third kappa shape index (κ3) is 4.20. The highest BCUT2D eigenvalue weighted by Crippen LogP contribution is 2.35. The van der Waals surface area contributed by atoms with Crippen LogP contribution in [0.4, 0.5) is 0 Å². The quantitative estimate of drug-likeness (QED) is 0.780. The van der Waals surface area contributed by atoms with Crippen molar-refractivity contribution in [3.63, 3.8) is 0 Å². The maximum absolute atomic E-state index is 5.60. The van der Waals surface area contributed by atoms with E-state index in [2.05, 4.69) is 59.7 Å². The normalized spacial score (nSPS) is 10.2. The minimum Gasteiger partial charge on any atom is -0.486 e. The Morgan fingerprint density at radius 2 is 1.94 bits per heavy atom. The first-order valence-corrected chi connectivity index (χ1v) is 7.01. The van der Waals surface area contributed by atoms with Crippen LogP contribution in [0.1, 0.15) is 5.56 Å². The Kier molecular flexibility index (Phi) is 6.03. The summed E-state index contributed by atoms with van der Waals surface area (Å²) in [4.78, 5) is 0. The number of halogens is 3. The minimum absolute atomic E-state index is 0.447. The van der Waals surface area contributed by atoms with Crippen LogP contribution in [0.5, 0.6) is 5.75 Å². The molecule has 0 bridgehead atoms. The topological polar surface area (TPSA) is 21.3 Å². The van der Waals surface area contributed by atoms with E-state index in [1.54, 1.807) is 0 Å². The van der Waals surface area contributed by atoms with Crippen LogP contribution in [-0.4, -0.2) is 13.7 Å². The molecular formula is C11H12Br3NO. The summed E-state index contributed by atoms with van der Waals surface area (Å²) in [6, 6.07) is 4.07. The second-order valence-electron chi connectivity index (χ2n) is 3.22. The molecule has 1 rings (SSSR count). The molecule has 0 aromatic heterocycles. The zero-order valence-corrected chi connectivity index (χ0v) is 13.6. The first-order valence-electron chi connectivity index (χ1n) is 4.63. The molecule has 5 heteroatoms. The van der Waals surface area contributed by atoms with Gasteiger partial charge in [0.15, 0.2) is 0 Å². The van der Waals surface area contributed by atoms with E-state index in [1.165, 1.54) is 5.56 Å². The van der Waals surface area contributed by atoms with Crippen LogP contribution in [0.3, 0.4) is 0 Å². The van der Waals surface area contributed by atoms with Gasteiger partial charge in [-0.15, -0.1) is 0 Å². The van der Waals surface area contributed by atoms with Gasteiger partial charge in [-0.1, -0.05) is 22.5 Å². The number of hydrogen-bond donors (Lipinski definition) is 1. The van der Waals surface area contributed by atoms with Gasteiger partial charge in [0.1, 0.15) is 12.4 Å². The maximum Gasteiger partial charge on any atom is 0.148 e. The van der Waals surface area contributed by atoms with E-state index in [9.17, 15) is 0 Å². The summed E-state index contributed by atoms with van der Waals surface area (Å²) < 4.78 is 8.28. The monoisotopic (exact) mass is 411 g/mol. The van der Waals surface area contributed by atoms with Crippen molar-refractivity contribution >= 4 is 47.8 Å². The number of nitrogens with one attached hydrogen (secondary N) is 1. The molecule has 1 aromatic carbocycles. The van der Waals surface area contributed by atoms with Crippen LogP contribution in [0.2, 0.25) is 0 Å². The molecule has 0 fully saturated rings. The summed E-state index contributed by atoms with van der Waals surface area (Å²) in [5, 5.41) is 3.10. The van der Waals surface area contributed by atoms with Crippen LogP contribution in [-0.2, 0) is 6.54 Å². The Morgan fingerprint density at radius 1 is 1.38 bits per heavy atom. The Bertz CT molecular complexity index is 370. The Hall–Kier alpha value is 0.160. The molecule has 88 valence electrons. The summed E-state index contributed by atoms with van der Waals surface area (Å²) in [6.45, 7) is 5.00. The van der Waals surface area contributed by atoms with Crippen LogP contribution < -0.4 is 10.1 Å². The van der Waals surface area contributed by atoms with Crippen molar-refractivity contribution in [2.75, 3.05) is 13.7 Å². The van der Waals surface area contributed by atoms with Crippen molar-refractivity contribution in [3.8, 4) is 5.75 Å². The minimum atomic E-state index is 0.447. The molecule has 0 aliphatic rings. The van der Waals surface area contributed by atoms with E-state index in [1.807, 2.05) is 19.2 Å². The van der Waals surface area contributed by atoms with Crippen molar-refractivity contribution in [2.45, 2.75) is 6.54 Å². The van der Waals surface area contributed by atoms with E-state index in [0.717, 1.165) is 25.7 Å². The lowest BCUT2D eigenvalue weighted by Crippen LogP contribution is -2.05. The second-order valence-corrected chi connectivity index (χ2v) is 6.05. The van der Waals surface area contributed by atoms with Gasteiger partial charge in [0.2, 0.25) is 0 Å². The number of hydrogen-bond acceptors (Lipinski definition) is 2. The average Bonchev–Trinajstić information content (AvgIpc) is 2.16. The van der Waals surface area contributed by atoms with Crippen molar-refractivity contribution in [1.29, 1.82) is 0 Å². The van der Waals surface area contributed by atoms with Crippen LogP contribution in [0.15, 0.2) is 32.1 Å². The lowest BCUT2D eigenvalue weighted by Gasteiger charge is -2.11. The number of rotatable bonds is 5. The largest absolute Gasteiger partial charge is 0.486 e.